The van der Waals surface area contributed by atoms with Gasteiger partial charge in [-0.25, -0.2) is 4.98 Å². The van der Waals surface area contributed by atoms with Crippen molar-refractivity contribution < 1.29 is 14.7 Å². The Bertz CT molecular complexity index is 802. The van der Waals surface area contributed by atoms with Gasteiger partial charge in [-0.1, -0.05) is 18.2 Å². The first-order chi connectivity index (χ1) is 12.5. The number of hydrogen-bond donors (Lipinski definition) is 3. The summed E-state index contributed by atoms with van der Waals surface area (Å²) < 4.78 is 0. The Balaban J connectivity index is 1.57. The zero-order valence-electron chi connectivity index (χ0n) is 14.8. The number of anilines is 1. The molecule has 0 radical (unpaired) electrons. The highest BCUT2D eigenvalue weighted by molar-refractivity contribution is 5.96. The Morgan fingerprint density at radius 3 is 2.69 bits per heavy atom. The number of nitrogens with zero attached hydrogens (tertiary/aromatic N) is 1. The van der Waals surface area contributed by atoms with Crippen molar-refractivity contribution in [1.82, 2.24) is 10.3 Å². The molecular formula is C20H23N3O3. The van der Waals surface area contributed by atoms with Gasteiger partial charge < -0.3 is 15.7 Å². The number of amides is 1. The van der Waals surface area contributed by atoms with Crippen molar-refractivity contribution >= 4 is 17.7 Å². The van der Waals surface area contributed by atoms with Crippen molar-refractivity contribution in [3.8, 4) is 0 Å². The Morgan fingerprint density at radius 2 is 1.96 bits per heavy atom. The van der Waals surface area contributed by atoms with E-state index in [0.717, 1.165) is 49.3 Å². The van der Waals surface area contributed by atoms with Crippen molar-refractivity contribution in [1.29, 1.82) is 0 Å². The zero-order valence-corrected chi connectivity index (χ0v) is 14.8. The summed E-state index contributed by atoms with van der Waals surface area (Å²) in [7, 11) is 0. The maximum absolute atomic E-state index is 12.0. The molecule has 1 aliphatic rings. The molecule has 26 heavy (non-hydrogen) atoms. The molecule has 0 bridgehead atoms. The summed E-state index contributed by atoms with van der Waals surface area (Å²) in [5, 5.41) is 14.6. The molecule has 136 valence electrons. The first-order valence-electron chi connectivity index (χ1n) is 8.88. The second-order valence-electron chi connectivity index (χ2n) is 6.57. The van der Waals surface area contributed by atoms with Gasteiger partial charge in [0.2, 0.25) is 0 Å². The third kappa shape index (κ3) is 4.39. The second kappa shape index (κ2) is 7.99. The van der Waals surface area contributed by atoms with Crippen molar-refractivity contribution in [2.24, 2.45) is 0 Å². The van der Waals surface area contributed by atoms with Crippen molar-refractivity contribution in [2.45, 2.75) is 38.6 Å². The van der Waals surface area contributed by atoms with Crippen LogP contribution in [0.25, 0.3) is 0 Å². The quantitative estimate of drug-likeness (QED) is 0.742. The number of carboxylic acid groups (broad SMARTS) is 1. The van der Waals surface area contributed by atoms with Crippen LogP contribution < -0.4 is 10.6 Å². The van der Waals surface area contributed by atoms with E-state index < -0.39 is 12.0 Å². The predicted octanol–water partition coefficient (Wildman–Crippen LogP) is 2.43. The Labute approximate surface area is 152 Å². The maximum atomic E-state index is 12.0. The number of carbonyl (C=O) groups excluding carboxylic acids is 1. The second-order valence-corrected chi connectivity index (χ2v) is 6.57. The van der Waals surface area contributed by atoms with E-state index in [2.05, 4.69) is 22.8 Å². The monoisotopic (exact) mass is 353 g/mol. The van der Waals surface area contributed by atoms with E-state index in [1.807, 2.05) is 12.1 Å². The molecule has 1 unspecified atom stereocenters. The third-order valence-corrected chi connectivity index (χ3v) is 4.56. The molecule has 0 aliphatic carbocycles. The summed E-state index contributed by atoms with van der Waals surface area (Å²) in [4.78, 5) is 27.5. The number of hydrogen-bond acceptors (Lipinski definition) is 4. The number of carbonyl (C=O) groups is 2. The summed E-state index contributed by atoms with van der Waals surface area (Å²) >= 11 is 0. The van der Waals surface area contributed by atoms with Crippen LogP contribution in [0.2, 0.25) is 0 Å². The standard InChI is InChI=1S/C20H23N3O3/c1-13(20(25)26)22-19(24)16-7-4-14(5-8-16)6-10-17-11-9-15-3-2-12-21-18(15)23-17/h4-5,7-9,11,13H,2-3,6,10,12H2,1H3,(H,21,23)(H,22,24)(H,25,26). The average molecular weight is 353 g/mol. The van der Waals surface area contributed by atoms with Gasteiger partial charge in [-0.15, -0.1) is 0 Å². The van der Waals surface area contributed by atoms with Gasteiger partial charge in [0.25, 0.3) is 5.91 Å². The zero-order chi connectivity index (χ0) is 18.5. The topological polar surface area (TPSA) is 91.3 Å². The molecule has 0 fully saturated rings. The molecule has 0 spiro atoms. The smallest absolute Gasteiger partial charge is 0.325 e. The van der Waals surface area contributed by atoms with E-state index in [0.29, 0.717) is 5.56 Å². The summed E-state index contributed by atoms with van der Waals surface area (Å²) in [6.45, 7) is 2.42. The van der Waals surface area contributed by atoms with E-state index >= 15 is 0 Å². The Hall–Kier alpha value is -2.89. The van der Waals surface area contributed by atoms with Gasteiger partial charge in [-0.05, 0) is 61.9 Å². The number of carboxylic acids is 1. The average Bonchev–Trinajstić information content (AvgIpc) is 2.66. The first kappa shape index (κ1) is 17.9. The molecule has 1 aromatic carbocycles. The van der Waals surface area contributed by atoms with Crippen molar-refractivity contribution in [3.63, 3.8) is 0 Å². The Kier molecular flexibility index (Phi) is 5.51. The van der Waals surface area contributed by atoms with Crippen LogP contribution in [-0.4, -0.2) is 34.6 Å². The predicted molar refractivity (Wildman–Crippen MR) is 99.5 cm³/mol. The van der Waals surface area contributed by atoms with E-state index in [1.54, 1.807) is 12.1 Å². The molecule has 6 heteroatoms. The lowest BCUT2D eigenvalue weighted by Crippen LogP contribution is -2.38. The number of aryl methyl sites for hydroxylation is 3. The van der Waals surface area contributed by atoms with Crippen molar-refractivity contribution in [3.05, 3.63) is 58.8 Å². The minimum Gasteiger partial charge on any atom is -0.480 e. The van der Waals surface area contributed by atoms with Crippen LogP contribution in [0.15, 0.2) is 36.4 Å². The molecule has 1 amide bonds. The summed E-state index contributed by atoms with van der Waals surface area (Å²) in [6.07, 6.45) is 3.90. The minimum atomic E-state index is -1.05. The number of nitrogens with one attached hydrogen (secondary N) is 2. The van der Waals surface area contributed by atoms with Crippen LogP contribution in [0.3, 0.4) is 0 Å². The molecule has 1 aromatic heterocycles. The summed E-state index contributed by atoms with van der Waals surface area (Å²) in [5.74, 6) is -0.427. The lowest BCUT2D eigenvalue weighted by molar-refractivity contribution is -0.138. The van der Waals surface area contributed by atoms with E-state index in [9.17, 15) is 9.59 Å². The van der Waals surface area contributed by atoms with Crippen LogP contribution in [-0.2, 0) is 24.1 Å². The molecule has 1 aliphatic heterocycles. The molecule has 6 nitrogen and oxygen atoms in total. The van der Waals surface area contributed by atoms with Gasteiger partial charge in [0.05, 0.1) is 0 Å². The van der Waals surface area contributed by atoms with E-state index in [-0.39, 0.29) is 5.91 Å². The molecule has 1 atom stereocenters. The van der Waals surface area contributed by atoms with Gasteiger partial charge in [-0.3, -0.25) is 9.59 Å². The summed E-state index contributed by atoms with van der Waals surface area (Å²) in [5.41, 5.74) is 3.90. The molecule has 0 saturated carbocycles. The fourth-order valence-corrected chi connectivity index (χ4v) is 2.94. The van der Waals surface area contributed by atoms with E-state index in [1.165, 1.54) is 12.5 Å². The molecular weight excluding hydrogens is 330 g/mol. The summed E-state index contributed by atoms with van der Waals surface area (Å²) in [6, 6.07) is 10.6. The SMILES string of the molecule is CC(NC(=O)c1ccc(CCc2ccc3c(n2)NCCC3)cc1)C(=O)O. The highest BCUT2D eigenvalue weighted by Crippen LogP contribution is 2.20. The number of fused-ring (bicyclic) bond motifs is 1. The third-order valence-electron chi connectivity index (χ3n) is 4.56. The largest absolute Gasteiger partial charge is 0.480 e. The van der Waals surface area contributed by atoms with Crippen LogP contribution in [0.4, 0.5) is 5.82 Å². The number of pyridine rings is 1. The van der Waals surface area contributed by atoms with Crippen LogP contribution in [0.1, 0.15) is 40.5 Å². The van der Waals surface area contributed by atoms with Gasteiger partial charge in [-0.2, -0.15) is 0 Å². The van der Waals surface area contributed by atoms with Crippen LogP contribution >= 0.6 is 0 Å². The van der Waals surface area contributed by atoms with E-state index in [4.69, 9.17) is 10.1 Å². The number of benzene rings is 1. The highest BCUT2D eigenvalue weighted by atomic mass is 16.4. The molecule has 2 aromatic rings. The van der Waals surface area contributed by atoms with Gasteiger partial charge in [0.1, 0.15) is 11.9 Å². The fourth-order valence-electron chi connectivity index (χ4n) is 2.94. The van der Waals surface area contributed by atoms with Gasteiger partial charge in [0.15, 0.2) is 0 Å². The van der Waals surface area contributed by atoms with Crippen LogP contribution in [0.5, 0.6) is 0 Å². The first-order valence-corrected chi connectivity index (χ1v) is 8.88. The van der Waals surface area contributed by atoms with Gasteiger partial charge >= 0.3 is 5.97 Å². The normalized spacial score (nSPS) is 14.0. The lowest BCUT2D eigenvalue weighted by Gasteiger charge is -2.17. The molecule has 0 saturated heterocycles. The Morgan fingerprint density at radius 1 is 1.19 bits per heavy atom. The van der Waals surface area contributed by atoms with Crippen molar-refractivity contribution in [2.75, 3.05) is 11.9 Å². The molecule has 2 heterocycles. The number of aromatic nitrogens is 1. The molecule has 3 N–H and O–H groups in total. The van der Waals surface area contributed by atoms with Gasteiger partial charge in [0, 0.05) is 17.8 Å². The van der Waals surface area contributed by atoms with Crippen LogP contribution in [0, 0.1) is 0 Å². The number of aliphatic carboxylic acids is 1. The number of rotatable bonds is 6. The highest BCUT2D eigenvalue weighted by Gasteiger charge is 2.15. The fraction of sp³-hybridized carbons (Fsp3) is 0.350. The molecule has 3 rings (SSSR count). The maximum Gasteiger partial charge on any atom is 0.325 e. The minimum absolute atomic E-state index is 0.381. The lowest BCUT2D eigenvalue weighted by atomic mass is 10.0.